The van der Waals surface area contributed by atoms with Crippen LogP contribution in [0.4, 0.5) is 16.0 Å². The number of rotatable bonds is 7. The van der Waals surface area contributed by atoms with E-state index < -0.39 is 10.0 Å². The summed E-state index contributed by atoms with van der Waals surface area (Å²) in [6.45, 7) is 3.52. The number of hydrogen-bond acceptors (Lipinski definition) is 7. The zero-order valence-electron chi connectivity index (χ0n) is 14.7. The summed E-state index contributed by atoms with van der Waals surface area (Å²) < 4.78 is 45.6. The van der Waals surface area contributed by atoms with Crippen LogP contribution in [-0.2, 0) is 16.4 Å². The van der Waals surface area contributed by atoms with E-state index in [1.165, 1.54) is 19.1 Å². The molecule has 2 aromatic heterocycles. The molecule has 0 saturated heterocycles. The van der Waals surface area contributed by atoms with Gasteiger partial charge in [-0.25, -0.2) is 12.8 Å². The fraction of sp³-hybridized carbons (Fsp3) is 0.235. The van der Waals surface area contributed by atoms with Crippen molar-refractivity contribution in [2.24, 2.45) is 0 Å². The molecule has 0 bridgehead atoms. The third-order valence-electron chi connectivity index (χ3n) is 3.80. The summed E-state index contributed by atoms with van der Waals surface area (Å²) in [5.74, 6) is 0.454. The lowest BCUT2D eigenvalue weighted by Gasteiger charge is -2.08. The van der Waals surface area contributed by atoms with Crippen LogP contribution in [0.3, 0.4) is 0 Å². The summed E-state index contributed by atoms with van der Waals surface area (Å²) in [5, 5.41) is 14.4. The van der Waals surface area contributed by atoms with E-state index in [2.05, 4.69) is 25.4 Å². The normalized spacial score (nSPS) is 11.4. The molecule has 0 aliphatic heterocycles. The number of sulfonamides is 1. The number of anilines is 2. The first-order valence-corrected chi connectivity index (χ1v) is 9.62. The number of benzene rings is 1. The Labute approximate surface area is 155 Å². The molecular weight excluding hydrogens is 373 g/mol. The second-order valence-corrected chi connectivity index (χ2v) is 7.45. The second kappa shape index (κ2) is 7.70. The Bertz CT molecular complexity index is 1020. The summed E-state index contributed by atoms with van der Waals surface area (Å²) in [6, 6.07) is 9.61. The monoisotopic (exact) mass is 391 g/mol. The maximum Gasteiger partial charge on any atom is 0.268 e. The van der Waals surface area contributed by atoms with E-state index in [0.29, 0.717) is 24.3 Å². The lowest BCUT2D eigenvalue weighted by molar-refractivity contribution is 0.390. The molecule has 0 saturated carbocycles. The number of aromatic nitrogens is 3. The van der Waals surface area contributed by atoms with Crippen LogP contribution in [0.1, 0.15) is 17.0 Å². The largest absolute Gasteiger partial charge is 0.368 e. The fourth-order valence-electron chi connectivity index (χ4n) is 2.55. The third-order valence-corrected chi connectivity index (χ3v) is 5.40. The molecule has 0 unspecified atom stereocenters. The van der Waals surface area contributed by atoms with E-state index in [1.54, 1.807) is 31.2 Å². The average molecular weight is 391 g/mol. The first kappa shape index (κ1) is 18.8. The molecule has 0 amide bonds. The van der Waals surface area contributed by atoms with Gasteiger partial charge in [0.2, 0.25) is 0 Å². The molecule has 0 aliphatic carbocycles. The van der Waals surface area contributed by atoms with Crippen molar-refractivity contribution in [3.63, 3.8) is 0 Å². The Morgan fingerprint density at radius 2 is 1.78 bits per heavy atom. The first-order chi connectivity index (χ1) is 12.9. The summed E-state index contributed by atoms with van der Waals surface area (Å²) in [4.78, 5) is -0.0172. The summed E-state index contributed by atoms with van der Waals surface area (Å²) in [6.07, 6.45) is 0.481. The lowest BCUT2D eigenvalue weighted by Crippen LogP contribution is -2.16. The second-order valence-electron chi connectivity index (χ2n) is 5.83. The van der Waals surface area contributed by atoms with Crippen molar-refractivity contribution in [3.8, 4) is 0 Å². The van der Waals surface area contributed by atoms with Crippen molar-refractivity contribution in [2.75, 3.05) is 16.6 Å². The predicted molar refractivity (Wildman–Crippen MR) is 97.4 cm³/mol. The van der Waals surface area contributed by atoms with E-state index in [9.17, 15) is 12.8 Å². The van der Waals surface area contributed by atoms with E-state index in [1.807, 2.05) is 0 Å². The molecule has 142 valence electrons. The maximum absolute atomic E-state index is 13.6. The van der Waals surface area contributed by atoms with E-state index in [0.717, 1.165) is 0 Å². The van der Waals surface area contributed by atoms with Crippen LogP contribution in [0.5, 0.6) is 0 Å². The summed E-state index contributed by atoms with van der Waals surface area (Å²) >= 11 is 0. The van der Waals surface area contributed by atoms with Gasteiger partial charge in [-0.05, 0) is 44.0 Å². The molecule has 2 heterocycles. The molecule has 1 aromatic carbocycles. The first-order valence-electron chi connectivity index (χ1n) is 8.13. The predicted octanol–water partition coefficient (Wildman–Crippen LogP) is 2.68. The van der Waals surface area contributed by atoms with Crippen molar-refractivity contribution in [2.45, 2.75) is 25.2 Å². The number of halogens is 1. The molecule has 0 atom stereocenters. The van der Waals surface area contributed by atoms with Crippen LogP contribution in [-0.4, -0.2) is 30.3 Å². The Morgan fingerprint density at radius 3 is 2.41 bits per heavy atom. The van der Waals surface area contributed by atoms with Crippen LogP contribution in [0.25, 0.3) is 0 Å². The van der Waals surface area contributed by atoms with Gasteiger partial charge in [-0.3, -0.25) is 4.72 Å². The number of hydrogen-bond donors (Lipinski definition) is 2. The number of nitrogens with one attached hydrogen (secondary N) is 2. The van der Waals surface area contributed by atoms with Gasteiger partial charge in [-0.2, -0.15) is 0 Å². The van der Waals surface area contributed by atoms with E-state index in [4.69, 9.17) is 4.52 Å². The van der Waals surface area contributed by atoms with Gasteiger partial charge in [-0.1, -0.05) is 23.4 Å². The van der Waals surface area contributed by atoms with Gasteiger partial charge < -0.3 is 9.84 Å². The highest BCUT2D eigenvalue weighted by Gasteiger charge is 2.24. The van der Waals surface area contributed by atoms with Crippen LogP contribution < -0.4 is 10.0 Å². The van der Waals surface area contributed by atoms with Crippen molar-refractivity contribution in [1.82, 2.24) is 15.4 Å². The molecule has 3 rings (SSSR count). The molecule has 10 heteroatoms. The van der Waals surface area contributed by atoms with Gasteiger partial charge in [0, 0.05) is 6.54 Å². The van der Waals surface area contributed by atoms with Gasteiger partial charge in [0.05, 0.1) is 0 Å². The Hall–Kier alpha value is -3.01. The van der Waals surface area contributed by atoms with Crippen molar-refractivity contribution >= 4 is 21.7 Å². The van der Waals surface area contributed by atoms with Crippen LogP contribution >= 0.6 is 0 Å². The highest BCUT2D eigenvalue weighted by atomic mass is 32.2. The van der Waals surface area contributed by atoms with E-state index in [-0.39, 0.29) is 28.0 Å². The van der Waals surface area contributed by atoms with Crippen LogP contribution in [0.15, 0.2) is 45.8 Å². The Morgan fingerprint density at radius 1 is 1.07 bits per heavy atom. The van der Waals surface area contributed by atoms with E-state index >= 15 is 0 Å². The van der Waals surface area contributed by atoms with Gasteiger partial charge in [-0.15, -0.1) is 10.2 Å². The molecule has 27 heavy (non-hydrogen) atoms. The minimum Gasteiger partial charge on any atom is -0.368 e. The molecule has 8 nitrogen and oxygen atoms in total. The highest BCUT2D eigenvalue weighted by Crippen LogP contribution is 2.21. The number of nitrogens with zero attached hydrogens (tertiary/aromatic N) is 3. The lowest BCUT2D eigenvalue weighted by atomic mass is 10.1. The molecular formula is C17H18FN5O3S. The summed E-state index contributed by atoms with van der Waals surface area (Å²) in [5.41, 5.74) is 0.862. The minimum atomic E-state index is -3.87. The molecule has 0 fully saturated rings. The number of aryl methyl sites for hydroxylation is 2. The third kappa shape index (κ3) is 4.40. The maximum atomic E-state index is 13.6. The Kier molecular flexibility index (Phi) is 5.36. The Balaban J connectivity index is 1.61. The van der Waals surface area contributed by atoms with Crippen LogP contribution in [0, 0.1) is 19.7 Å². The SMILES string of the molecule is Cc1noc(C)c1S(=O)(=O)Nc1ccc(NCCc2ccccc2F)nn1. The van der Waals surface area contributed by atoms with Crippen molar-refractivity contribution in [3.05, 3.63) is 59.2 Å². The van der Waals surface area contributed by atoms with Crippen molar-refractivity contribution in [1.29, 1.82) is 0 Å². The standard InChI is InChI=1S/C17H18FN5O3S/c1-11-17(12(2)26-22-11)27(24,25)23-16-8-7-15(20-21-16)19-10-9-13-5-3-4-6-14(13)18/h3-8H,9-10H2,1-2H3,(H,19,20)(H,21,23). The van der Waals surface area contributed by atoms with Gasteiger partial charge >= 0.3 is 0 Å². The average Bonchev–Trinajstić information content (AvgIpc) is 2.97. The molecule has 0 aliphatic rings. The topological polar surface area (TPSA) is 110 Å². The molecule has 2 N–H and O–H groups in total. The zero-order valence-corrected chi connectivity index (χ0v) is 15.5. The van der Waals surface area contributed by atoms with Gasteiger partial charge in [0.25, 0.3) is 10.0 Å². The smallest absolute Gasteiger partial charge is 0.268 e. The summed E-state index contributed by atoms with van der Waals surface area (Å²) in [7, 11) is -3.87. The van der Waals surface area contributed by atoms with Crippen molar-refractivity contribution < 1.29 is 17.3 Å². The van der Waals surface area contributed by atoms with Gasteiger partial charge in [0.1, 0.15) is 17.3 Å². The highest BCUT2D eigenvalue weighted by molar-refractivity contribution is 7.92. The quantitative estimate of drug-likeness (QED) is 0.637. The molecule has 0 radical (unpaired) electrons. The minimum absolute atomic E-state index is 0.0172. The molecule has 0 spiro atoms. The van der Waals surface area contributed by atoms with Crippen LogP contribution in [0.2, 0.25) is 0 Å². The van der Waals surface area contributed by atoms with Gasteiger partial charge in [0.15, 0.2) is 16.5 Å². The zero-order chi connectivity index (χ0) is 19.4. The fourth-order valence-corrected chi connectivity index (χ4v) is 3.88. The molecule has 3 aromatic rings.